The number of hydrogen-bond donors (Lipinski definition) is 3. The Hall–Kier alpha value is -2.30. The SMILES string of the molecule is CC1(C)[C@@H]2CC[C@]1(C)C(=O)C2=C(Cc1ccccc1)NNC(N)=O. The third-order valence-corrected chi connectivity index (χ3v) is 6.21. The van der Waals surface area contributed by atoms with E-state index in [-0.39, 0.29) is 22.5 Å². The maximum absolute atomic E-state index is 13.1. The summed E-state index contributed by atoms with van der Waals surface area (Å²) in [5.41, 5.74) is 12.8. The number of nitrogens with two attached hydrogens (primary N) is 1. The summed E-state index contributed by atoms with van der Waals surface area (Å²) in [5, 5.41) is 0. The lowest BCUT2D eigenvalue weighted by Crippen LogP contribution is -2.42. The molecule has 2 atom stereocenters. The average Bonchev–Trinajstić information content (AvgIpc) is 2.85. The third kappa shape index (κ3) is 2.39. The lowest BCUT2D eigenvalue weighted by atomic mass is 9.70. The van der Waals surface area contributed by atoms with Crippen LogP contribution in [-0.2, 0) is 11.2 Å². The first kappa shape index (κ1) is 16.6. The van der Waals surface area contributed by atoms with Gasteiger partial charge in [0.05, 0.1) is 0 Å². The van der Waals surface area contributed by atoms with E-state index in [4.69, 9.17) is 5.73 Å². The van der Waals surface area contributed by atoms with Crippen molar-refractivity contribution in [2.75, 3.05) is 0 Å². The van der Waals surface area contributed by atoms with Gasteiger partial charge in [-0.15, -0.1) is 0 Å². The molecule has 3 rings (SSSR count). The Morgan fingerprint density at radius 1 is 1.21 bits per heavy atom. The number of urea groups is 1. The molecule has 0 radical (unpaired) electrons. The smallest absolute Gasteiger partial charge is 0.330 e. The van der Waals surface area contributed by atoms with Crippen molar-refractivity contribution in [1.29, 1.82) is 0 Å². The summed E-state index contributed by atoms with van der Waals surface area (Å²) < 4.78 is 0. The highest BCUT2D eigenvalue weighted by atomic mass is 16.2. The molecular formula is C19H25N3O2. The molecule has 2 bridgehead atoms. The van der Waals surface area contributed by atoms with Gasteiger partial charge < -0.3 is 11.2 Å². The Morgan fingerprint density at radius 2 is 1.88 bits per heavy atom. The van der Waals surface area contributed by atoms with Crippen molar-refractivity contribution < 1.29 is 9.59 Å². The minimum Gasteiger partial charge on any atom is -0.350 e. The number of fused-ring (bicyclic) bond motifs is 2. The van der Waals surface area contributed by atoms with Crippen LogP contribution in [0.2, 0.25) is 0 Å². The number of benzene rings is 1. The molecule has 1 aromatic carbocycles. The van der Waals surface area contributed by atoms with Gasteiger partial charge in [0.25, 0.3) is 0 Å². The zero-order valence-corrected chi connectivity index (χ0v) is 14.5. The molecular weight excluding hydrogens is 302 g/mol. The molecule has 0 aliphatic heterocycles. The molecule has 0 spiro atoms. The van der Waals surface area contributed by atoms with Crippen LogP contribution in [0.3, 0.4) is 0 Å². The van der Waals surface area contributed by atoms with Crippen LogP contribution in [0.15, 0.2) is 41.6 Å². The van der Waals surface area contributed by atoms with E-state index in [9.17, 15) is 9.59 Å². The lowest BCUT2D eigenvalue weighted by Gasteiger charge is -2.31. The second-order valence-electron chi connectivity index (χ2n) is 7.64. The Balaban J connectivity index is 2.02. The van der Waals surface area contributed by atoms with Gasteiger partial charge in [0.15, 0.2) is 5.78 Å². The zero-order chi connectivity index (χ0) is 17.5. The molecule has 128 valence electrons. The monoisotopic (exact) mass is 327 g/mol. The quantitative estimate of drug-likeness (QED) is 0.587. The second-order valence-corrected chi connectivity index (χ2v) is 7.64. The third-order valence-electron chi connectivity index (χ3n) is 6.21. The molecule has 0 saturated heterocycles. The highest BCUT2D eigenvalue weighted by Crippen LogP contribution is 2.66. The van der Waals surface area contributed by atoms with Crippen LogP contribution in [0.25, 0.3) is 0 Å². The van der Waals surface area contributed by atoms with Crippen LogP contribution in [0.4, 0.5) is 4.79 Å². The van der Waals surface area contributed by atoms with Crippen molar-refractivity contribution in [3.05, 3.63) is 47.2 Å². The molecule has 2 aliphatic rings. The van der Waals surface area contributed by atoms with Crippen LogP contribution in [0.5, 0.6) is 0 Å². The van der Waals surface area contributed by atoms with Crippen molar-refractivity contribution in [2.45, 2.75) is 40.0 Å². The number of carbonyl (C=O) groups is 2. The summed E-state index contributed by atoms with van der Waals surface area (Å²) in [6, 6.07) is 9.24. The standard InChI is InChI=1S/C19H25N3O2/c1-18(2)13-9-10-19(18,3)16(23)15(13)14(21-22-17(20)24)11-12-7-5-4-6-8-12/h4-8,13,21H,9-11H2,1-3H3,(H3,20,22,24)/t13-,19-/m1/s1. The van der Waals surface area contributed by atoms with E-state index < -0.39 is 6.03 Å². The van der Waals surface area contributed by atoms with Gasteiger partial charge in [-0.25, -0.2) is 4.79 Å². The number of carbonyl (C=O) groups excluding carboxylic acids is 2. The number of primary amides is 1. The van der Waals surface area contributed by atoms with Gasteiger partial charge in [-0.1, -0.05) is 51.1 Å². The summed E-state index contributed by atoms with van der Waals surface area (Å²) in [5.74, 6) is 0.407. The minimum absolute atomic E-state index is 0.0737. The number of ketones is 1. The van der Waals surface area contributed by atoms with Gasteiger partial charge >= 0.3 is 6.03 Å². The summed E-state index contributed by atoms with van der Waals surface area (Å²) >= 11 is 0. The Bertz CT molecular complexity index is 709. The number of Topliss-reactive ketones (excluding diaryl/α,β-unsaturated/α-hetero) is 1. The Kier molecular flexibility index (Phi) is 3.90. The predicted octanol–water partition coefficient (Wildman–Crippen LogP) is 2.68. The lowest BCUT2D eigenvalue weighted by molar-refractivity contribution is -0.125. The first-order chi connectivity index (χ1) is 11.3. The van der Waals surface area contributed by atoms with Crippen LogP contribution < -0.4 is 16.6 Å². The molecule has 24 heavy (non-hydrogen) atoms. The number of hydrogen-bond acceptors (Lipinski definition) is 3. The van der Waals surface area contributed by atoms with Crippen molar-refractivity contribution in [2.24, 2.45) is 22.5 Å². The van der Waals surface area contributed by atoms with Gasteiger partial charge in [0.2, 0.25) is 0 Å². The van der Waals surface area contributed by atoms with Gasteiger partial charge in [0.1, 0.15) is 0 Å². The summed E-state index contributed by atoms with van der Waals surface area (Å²) in [7, 11) is 0. The van der Waals surface area contributed by atoms with Gasteiger partial charge in [-0.05, 0) is 29.7 Å². The molecule has 1 aromatic rings. The average molecular weight is 327 g/mol. The minimum atomic E-state index is -0.665. The van der Waals surface area contributed by atoms with E-state index in [0.717, 1.165) is 29.7 Å². The molecule has 2 saturated carbocycles. The first-order valence-corrected chi connectivity index (χ1v) is 8.40. The molecule has 0 heterocycles. The fourth-order valence-corrected chi connectivity index (χ4v) is 4.36. The van der Waals surface area contributed by atoms with E-state index in [1.807, 2.05) is 30.3 Å². The molecule has 2 amide bonds. The van der Waals surface area contributed by atoms with Crippen LogP contribution in [0.1, 0.15) is 39.2 Å². The predicted molar refractivity (Wildman–Crippen MR) is 92.6 cm³/mol. The van der Waals surface area contributed by atoms with Gasteiger partial charge in [-0.3, -0.25) is 10.2 Å². The zero-order valence-electron chi connectivity index (χ0n) is 14.5. The Morgan fingerprint density at radius 3 is 2.42 bits per heavy atom. The molecule has 5 nitrogen and oxygen atoms in total. The van der Waals surface area contributed by atoms with E-state index in [0.29, 0.717) is 6.42 Å². The van der Waals surface area contributed by atoms with Crippen molar-refractivity contribution in [1.82, 2.24) is 10.9 Å². The van der Waals surface area contributed by atoms with Crippen LogP contribution in [-0.4, -0.2) is 11.8 Å². The number of amides is 2. The largest absolute Gasteiger partial charge is 0.350 e. The topological polar surface area (TPSA) is 84.2 Å². The summed E-state index contributed by atoms with van der Waals surface area (Å²) in [6.07, 6.45) is 2.49. The number of hydrazine groups is 1. The van der Waals surface area contributed by atoms with E-state index in [1.165, 1.54) is 0 Å². The fraction of sp³-hybridized carbons (Fsp3) is 0.474. The highest BCUT2D eigenvalue weighted by Gasteiger charge is 2.64. The van der Waals surface area contributed by atoms with Crippen molar-refractivity contribution in [3.63, 3.8) is 0 Å². The van der Waals surface area contributed by atoms with E-state index in [1.54, 1.807) is 0 Å². The highest BCUT2D eigenvalue weighted by molar-refractivity contribution is 6.05. The fourth-order valence-electron chi connectivity index (χ4n) is 4.36. The molecule has 0 unspecified atom stereocenters. The van der Waals surface area contributed by atoms with E-state index in [2.05, 4.69) is 31.6 Å². The molecule has 4 N–H and O–H groups in total. The number of rotatable bonds is 4. The van der Waals surface area contributed by atoms with Gasteiger partial charge in [0, 0.05) is 23.1 Å². The van der Waals surface area contributed by atoms with Crippen molar-refractivity contribution in [3.8, 4) is 0 Å². The van der Waals surface area contributed by atoms with Crippen LogP contribution in [0, 0.1) is 16.7 Å². The normalized spacial score (nSPS) is 29.5. The van der Waals surface area contributed by atoms with E-state index >= 15 is 0 Å². The summed E-state index contributed by atoms with van der Waals surface area (Å²) in [6.45, 7) is 6.43. The van der Waals surface area contributed by atoms with Crippen LogP contribution >= 0.6 is 0 Å². The molecule has 2 fully saturated rings. The second kappa shape index (κ2) is 5.65. The molecule has 5 heteroatoms. The molecule has 2 aliphatic carbocycles. The molecule has 0 aromatic heterocycles. The Labute approximate surface area is 142 Å². The van der Waals surface area contributed by atoms with Gasteiger partial charge in [-0.2, -0.15) is 0 Å². The summed E-state index contributed by atoms with van der Waals surface area (Å²) in [4.78, 5) is 24.3. The first-order valence-electron chi connectivity index (χ1n) is 8.40. The number of nitrogens with one attached hydrogen (secondary N) is 2. The maximum atomic E-state index is 13.1. The number of allylic oxidation sites excluding steroid dienone is 2. The maximum Gasteiger partial charge on any atom is 0.330 e. The van der Waals surface area contributed by atoms with Crippen molar-refractivity contribution >= 4 is 11.8 Å².